The SMILES string of the molecule is O=C(CN1CC(c2ccccc2)CC1=O)N(Cc1cccc(OCCN2CCOCC2)c1)Cc1ccccn1. The first-order valence-electron chi connectivity index (χ1n) is 13.7. The maximum atomic E-state index is 13.6. The number of likely N-dealkylation sites (tertiary alicyclic amines) is 1. The van der Waals surface area contributed by atoms with Gasteiger partial charge in [0.1, 0.15) is 12.4 Å². The fourth-order valence-electron chi connectivity index (χ4n) is 5.13. The topological polar surface area (TPSA) is 75.2 Å². The number of pyridine rings is 1. The molecule has 0 bridgehead atoms. The van der Waals surface area contributed by atoms with Crippen LogP contribution in [0, 0.1) is 0 Å². The molecule has 2 aliphatic heterocycles. The molecule has 8 nitrogen and oxygen atoms in total. The molecule has 0 N–H and O–H groups in total. The molecule has 0 spiro atoms. The molecule has 1 atom stereocenters. The summed E-state index contributed by atoms with van der Waals surface area (Å²) in [5, 5.41) is 0. The monoisotopic (exact) mass is 528 g/mol. The lowest BCUT2D eigenvalue weighted by Gasteiger charge is -2.26. The Morgan fingerprint density at radius 1 is 1.00 bits per heavy atom. The maximum Gasteiger partial charge on any atom is 0.242 e. The summed E-state index contributed by atoms with van der Waals surface area (Å²) in [6, 6.07) is 23.6. The third kappa shape index (κ3) is 7.65. The van der Waals surface area contributed by atoms with E-state index in [-0.39, 0.29) is 24.3 Å². The van der Waals surface area contributed by atoms with E-state index in [1.54, 1.807) is 16.0 Å². The minimum Gasteiger partial charge on any atom is -0.492 e. The molecule has 1 unspecified atom stereocenters. The molecule has 2 amide bonds. The lowest BCUT2D eigenvalue weighted by molar-refractivity contribution is -0.139. The summed E-state index contributed by atoms with van der Waals surface area (Å²) in [5.74, 6) is 0.820. The summed E-state index contributed by atoms with van der Waals surface area (Å²) < 4.78 is 11.4. The number of morpholine rings is 1. The van der Waals surface area contributed by atoms with Crippen LogP contribution in [0.15, 0.2) is 79.0 Å². The number of ether oxygens (including phenoxy) is 2. The molecule has 5 rings (SSSR count). The van der Waals surface area contributed by atoms with Gasteiger partial charge in [-0.3, -0.25) is 19.5 Å². The van der Waals surface area contributed by atoms with Gasteiger partial charge in [-0.25, -0.2) is 0 Å². The molecule has 3 heterocycles. The van der Waals surface area contributed by atoms with E-state index in [4.69, 9.17) is 9.47 Å². The van der Waals surface area contributed by atoms with Crippen LogP contribution in [0.3, 0.4) is 0 Å². The van der Waals surface area contributed by atoms with Gasteiger partial charge >= 0.3 is 0 Å². The Bertz CT molecular complexity index is 1220. The van der Waals surface area contributed by atoms with Crippen LogP contribution in [0.1, 0.15) is 29.2 Å². The van der Waals surface area contributed by atoms with Crippen molar-refractivity contribution in [3.63, 3.8) is 0 Å². The van der Waals surface area contributed by atoms with E-state index in [0.717, 1.165) is 55.4 Å². The van der Waals surface area contributed by atoms with Gasteiger partial charge in [0.05, 0.1) is 32.0 Å². The average molecular weight is 529 g/mol. The Hall–Kier alpha value is -3.75. The smallest absolute Gasteiger partial charge is 0.242 e. The first-order chi connectivity index (χ1) is 19.1. The number of hydrogen-bond donors (Lipinski definition) is 0. The van der Waals surface area contributed by atoms with Crippen molar-refractivity contribution in [1.29, 1.82) is 0 Å². The molecule has 0 saturated carbocycles. The van der Waals surface area contributed by atoms with Crippen LogP contribution in [0.5, 0.6) is 5.75 Å². The van der Waals surface area contributed by atoms with Gasteiger partial charge in [0.25, 0.3) is 0 Å². The second kappa shape index (κ2) is 13.4. The van der Waals surface area contributed by atoms with Crippen molar-refractivity contribution in [2.24, 2.45) is 0 Å². The number of carbonyl (C=O) groups excluding carboxylic acids is 2. The molecule has 0 radical (unpaired) electrons. The quantitative estimate of drug-likeness (QED) is 0.380. The molecular formula is C31H36N4O4. The number of aromatic nitrogens is 1. The highest BCUT2D eigenvalue weighted by Crippen LogP contribution is 2.28. The number of nitrogens with zero attached hydrogens (tertiary/aromatic N) is 4. The summed E-state index contributed by atoms with van der Waals surface area (Å²) in [6.07, 6.45) is 2.16. The molecular weight excluding hydrogens is 492 g/mol. The number of benzene rings is 2. The predicted octanol–water partition coefficient (Wildman–Crippen LogP) is 3.34. The molecule has 8 heteroatoms. The second-order valence-electron chi connectivity index (χ2n) is 10.1. The first kappa shape index (κ1) is 26.8. The van der Waals surface area contributed by atoms with E-state index >= 15 is 0 Å². The molecule has 2 aromatic carbocycles. The summed E-state index contributed by atoms with van der Waals surface area (Å²) in [5.41, 5.74) is 2.91. The molecule has 1 aromatic heterocycles. The lowest BCUT2D eigenvalue weighted by Crippen LogP contribution is -2.40. The van der Waals surface area contributed by atoms with Crippen molar-refractivity contribution in [3.05, 3.63) is 95.8 Å². The molecule has 2 aliphatic rings. The second-order valence-corrected chi connectivity index (χ2v) is 10.1. The Morgan fingerprint density at radius 2 is 1.82 bits per heavy atom. The van der Waals surface area contributed by atoms with Crippen molar-refractivity contribution >= 4 is 11.8 Å². The van der Waals surface area contributed by atoms with Crippen LogP contribution in [-0.2, 0) is 27.4 Å². The first-order valence-corrected chi connectivity index (χ1v) is 13.7. The van der Waals surface area contributed by atoms with Gasteiger partial charge in [-0.05, 0) is 35.4 Å². The molecule has 204 valence electrons. The number of carbonyl (C=O) groups is 2. The van der Waals surface area contributed by atoms with Gasteiger partial charge in [-0.15, -0.1) is 0 Å². The summed E-state index contributed by atoms with van der Waals surface area (Å²) in [4.78, 5) is 36.6. The van der Waals surface area contributed by atoms with Crippen molar-refractivity contribution in [2.75, 3.05) is 52.5 Å². The normalized spacial score (nSPS) is 17.8. The van der Waals surface area contributed by atoms with E-state index in [1.165, 1.54) is 0 Å². The zero-order chi connectivity index (χ0) is 26.9. The number of hydrogen-bond acceptors (Lipinski definition) is 6. The fraction of sp³-hybridized carbons (Fsp3) is 0.387. The highest BCUT2D eigenvalue weighted by atomic mass is 16.5. The van der Waals surface area contributed by atoms with Crippen molar-refractivity contribution in [3.8, 4) is 5.75 Å². The zero-order valence-electron chi connectivity index (χ0n) is 22.3. The van der Waals surface area contributed by atoms with Crippen LogP contribution in [0.4, 0.5) is 0 Å². The van der Waals surface area contributed by atoms with Crippen LogP contribution in [0.2, 0.25) is 0 Å². The van der Waals surface area contributed by atoms with Crippen molar-refractivity contribution < 1.29 is 19.1 Å². The number of amides is 2. The third-order valence-electron chi connectivity index (χ3n) is 7.30. The van der Waals surface area contributed by atoms with Crippen LogP contribution in [-0.4, -0.2) is 84.0 Å². The highest BCUT2D eigenvalue weighted by molar-refractivity contribution is 5.86. The number of rotatable bonds is 11. The van der Waals surface area contributed by atoms with Crippen LogP contribution >= 0.6 is 0 Å². The largest absolute Gasteiger partial charge is 0.492 e. The Kier molecular flexibility index (Phi) is 9.19. The summed E-state index contributed by atoms with van der Waals surface area (Å²) in [6.45, 7) is 6.23. The van der Waals surface area contributed by atoms with Gasteiger partial charge in [-0.1, -0.05) is 48.5 Å². The predicted molar refractivity (Wildman–Crippen MR) is 148 cm³/mol. The molecule has 2 fully saturated rings. The zero-order valence-corrected chi connectivity index (χ0v) is 22.3. The molecule has 2 saturated heterocycles. The van der Waals surface area contributed by atoms with Gasteiger partial charge in [-0.2, -0.15) is 0 Å². The minimum atomic E-state index is -0.0960. The van der Waals surface area contributed by atoms with E-state index < -0.39 is 0 Å². The third-order valence-corrected chi connectivity index (χ3v) is 7.30. The maximum absolute atomic E-state index is 13.6. The Morgan fingerprint density at radius 3 is 2.62 bits per heavy atom. The highest BCUT2D eigenvalue weighted by Gasteiger charge is 2.32. The lowest BCUT2D eigenvalue weighted by atomic mass is 9.99. The molecule has 39 heavy (non-hydrogen) atoms. The van der Waals surface area contributed by atoms with Gasteiger partial charge in [0.2, 0.25) is 11.8 Å². The van der Waals surface area contributed by atoms with E-state index in [9.17, 15) is 9.59 Å². The van der Waals surface area contributed by atoms with E-state index in [2.05, 4.69) is 9.88 Å². The summed E-state index contributed by atoms with van der Waals surface area (Å²) >= 11 is 0. The standard InChI is InChI=1S/C31H36N4O4/c36-30-20-27(26-8-2-1-3-9-26)22-35(30)24-31(37)34(23-28-10-4-5-12-32-28)21-25-7-6-11-29(19-25)39-18-15-33-13-16-38-17-14-33/h1-12,19,27H,13-18,20-24H2. The minimum absolute atomic E-state index is 0.0191. The van der Waals surface area contributed by atoms with Gasteiger partial charge in [0, 0.05) is 51.3 Å². The van der Waals surface area contributed by atoms with Gasteiger partial charge in [0.15, 0.2) is 0 Å². The fourth-order valence-corrected chi connectivity index (χ4v) is 5.13. The summed E-state index contributed by atoms with van der Waals surface area (Å²) in [7, 11) is 0. The Labute approximate surface area is 230 Å². The van der Waals surface area contributed by atoms with E-state index in [1.807, 2.05) is 72.8 Å². The molecule has 3 aromatic rings. The van der Waals surface area contributed by atoms with Crippen LogP contribution in [0.25, 0.3) is 0 Å². The average Bonchev–Trinajstić information content (AvgIpc) is 3.34. The van der Waals surface area contributed by atoms with Crippen molar-refractivity contribution in [2.45, 2.75) is 25.4 Å². The van der Waals surface area contributed by atoms with Gasteiger partial charge < -0.3 is 19.3 Å². The van der Waals surface area contributed by atoms with Crippen LogP contribution < -0.4 is 4.74 Å². The van der Waals surface area contributed by atoms with E-state index in [0.29, 0.717) is 32.7 Å². The van der Waals surface area contributed by atoms with Crippen molar-refractivity contribution in [1.82, 2.24) is 19.7 Å². The molecule has 0 aliphatic carbocycles. The Balaban J connectivity index is 1.23.